The summed E-state index contributed by atoms with van der Waals surface area (Å²) in [6.07, 6.45) is 0.158. The van der Waals surface area contributed by atoms with E-state index in [4.69, 9.17) is 0 Å². The average Bonchev–Trinajstić information content (AvgIpc) is 3.05. The molecule has 0 fully saturated rings. The third-order valence-corrected chi connectivity index (χ3v) is 4.62. The van der Waals surface area contributed by atoms with Crippen LogP contribution in [-0.4, -0.2) is 16.8 Å². The van der Waals surface area contributed by atoms with Crippen LogP contribution in [0.3, 0.4) is 0 Å². The normalized spacial score (nSPS) is 10.4. The summed E-state index contributed by atoms with van der Waals surface area (Å²) in [4.78, 5) is 28.7. The molecular weight excluding hydrogens is 346 g/mol. The molecule has 5 nitrogen and oxygen atoms in total. The van der Waals surface area contributed by atoms with Crippen molar-refractivity contribution in [1.82, 2.24) is 4.98 Å². The molecule has 1 heterocycles. The van der Waals surface area contributed by atoms with Crippen LogP contribution in [0.5, 0.6) is 0 Å². The van der Waals surface area contributed by atoms with Crippen molar-refractivity contribution in [3.8, 4) is 0 Å². The first-order valence-corrected chi connectivity index (χ1v) is 9.07. The minimum Gasteiger partial charge on any atom is -0.325 e. The highest BCUT2D eigenvalue weighted by molar-refractivity contribution is 7.14. The lowest BCUT2D eigenvalue weighted by Gasteiger charge is -2.08. The Bertz CT molecular complexity index is 935. The first-order valence-electron chi connectivity index (χ1n) is 8.19. The van der Waals surface area contributed by atoms with Crippen LogP contribution in [0.25, 0.3) is 0 Å². The van der Waals surface area contributed by atoms with Gasteiger partial charge in [0.1, 0.15) is 0 Å². The van der Waals surface area contributed by atoms with Gasteiger partial charge < -0.3 is 5.32 Å². The minimum absolute atomic E-state index is 0.134. The number of benzene rings is 2. The van der Waals surface area contributed by atoms with E-state index in [1.54, 1.807) is 29.6 Å². The SMILES string of the molecule is Cc1ccc(C)c(NC(=O)Cc2csc(NC(=O)c3ccccc3)n2)c1. The molecule has 0 atom stereocenters. The molecule has 0 aliphatic rings. The summed E-state index contributed by atoms with van der Waals surface area (Å²) >= 11 is 1.30. The number of nitrogens with one attached hydrogen (secondary N) is 2. The summed E-state index contributed by atoms with van der Waals surface area (Å²) in [5, 5.41) is 7.93. The molecule has 3 rings (SSSR count). The highest BCUT2D eigenvalue weighted by atomic mass is 32.1. The van der Waals surface area contributed by atoms with Crippen LogP contribution in [0.1, 0.15) is 27.2 Å². The van der Waals surface area contributed by atoms with E-state index in [0.717, 1.165) is 16.8 Å². The van der Waals surface area contributed by atoms with Crippen molar-refractivity contribution in [1.29, 1.82) is 0 Å². The van der Waals surface area contributed by atoms with Gasteiger partial charge in [0.2, 0.25) is 5.91 Å². The second kappa shape index (κ2) is 7.93. The summed E-state index contributed by atoms with van der Waals surface area (Å²) < 4.78 is 0. The van der Waals surface area contributed by atoms with E-state index in [2.05, 4.69) is 15.6 Å². The van der Waals surface area contributed by atoms with Crippen molar-refractivity contribution < 1.29 is 9.59 Å². The van der Waals surface area contributed by atoms with Gasteiger partial charge in [0, 0.05) is 16.6 Å². The number of carbonyl (C=O) groups is 2. The lowest BCUT2D eigenvalue weighted by molar-refractivity contribution is -0.115. The van der Waals surface area contributed by atoms with Crippen LogP contribution in [0.2, 0.25) is 0 Å². The Morgan fingerprint density at radius 1 is 1.04 bits per heavy atom. The lowest BCUT2D eigenvalue weighted by atomic mass is 10.1. The molecule has 26 heavy (non-hydrogen) atoms. The molecule has 0 bridgehead atoms. The van der Waals surface area contributed by atoms with Gasteiger partial charge in [-0.3, -0.25) is 14.9 Å². The van der Waals surface area contributed by atoms with Crippen molar-refractivity contribution in [3.63, 3.8) is 0 Å². The maximum Gasteiger partial charge on any atom is 0.257 e. The topological polar surface area (TPSA) is 71.1 Å². The Hall–Kier alpha value is -2.99. The fourth-order valence-corrected chi connectivity index (χ4v) is 3.14. The molecule has 6 heteroatoms. The number of carbonyl (C=O) groups excluding carboxylic acids is 2. The quantitative estimate of drug-likeness (QED) is 0.712. The largest absolute Gasteiger partial charge is 0.325 e. The first kappa shape index (κ1) is 17.8. The fourth-order valence-electron chi connectivity index (χ4n) is 2.43. The summed E-state index contributed by atoms with van der Waals surface area (Å²) in [7, 11) is 0. The van der Waals surface area contributed by atoms with E-state index in [-0.39, 0.29) is 18.2 Å². The number of aryl methyl sites for hydroxylation is 2. The van der Waals surface area contributed by atoms with Crippen LogP contribution in [0, 0.1) is 13.8 Å². The molecule has 0 spiro atoms. The van der Waals surface area contributed by atoms with Gasteiger partial charge in [-0.2, -0.15) is 0 Å². The average molecular weight is 365 g/mol. The molecule has 0 saturated carbocycles. The zero-order chi connectivity index (χ0) is 18.5. The maximum atomic E-state index is 12.3. The summed E-state index contributed by atoms with van der Waals surface area (Å²) in [5.74, 6) is -0.351. The summed E-state index contributed by atoms with van der Waals surface area (Å²) in [6, 6.07) is 14.9. The molecule has 0 unspecified atom stereocenters. The van der Waals surface area contributed by atoms with E-state index in [1.165, 1.54) is 11.3 Å². The molecule has 0 aliphatic carbocycles. The smallest absolute Gasteiger partial charge is 0.257 e. The van der Waals surface area contributed by atoms with E-state index >= 15 is 0 Å². The number of rotatable bonds is 5. The van der Waals surface area contributed by atoms with Gasteiger partial charge in [0.05, 0.1) is 12.1 Å². The number of thiazole rings is 1. The van der Waals surface area contributed by atoms with Crippen molar-refractivity contribution in [3.05, 3.63) is 76.3 Å². The number of hydrogen-bond acceptors (Lipinski definition) is 4. The monoisotopic (exact) mass is 365 g/mol. The van der Waals surface area contributed by atoms with Crippen LogP contribution in [0.4, 0.5) is 10.8 Å². The number of amides is 2. The van der Waals surface area contributed by atoms with Gasteiger partial charge in [0.25, 0.3) is 5.91 Å². The van der Waals surface area contributed by atoms with E-state index in [9.17, 15) is 9.59 Å². The Morgan fingerprint density at radius 2 is 1.81 bits per heavy atom. The molecule has 2 aromatic carbocycles. The van der Waals surface area contributed by atoms with Crippen molar-refractivity contribution in [2.45, 2.75) is 20.3 Å². The number of aromatic nitrogens is 1. The molecule has 0 radical (unpaired) electrons. The molecule has 132 valence electrons. The zero-order valence-electron chi connectivity index (χ0n) is 14.6. The van der Waals surface area contributed by atoms with Crippen LogP contribution in [0.15, 0.2) is 53.9 Å². The van der Waals surface area contributed by atoms with Gasteiger partial charge in [-0.1, -0.05) is 30.3 Å². The minimum atomic E-state index is -0.216. The second-order valence-electron chi connectivity index (χ2n) is 6.01. The lowest BCUT2D eigenvalue weighted by Crippen LogP contribution is -2.16. The van der Waals surface area contributed by atoms with Gasteiger partial charge in [-0.05, 0) is 43.2 Å². The van der Waals surface area contributed by atoms with Gasteiger partial charge in [0.15, 0.2) is 5.13 Å². The van der Waals surface area contributed by atoms with E-state index in [1.807, 2.05) is 38.1 Å². The third-order valence-electron chi connectivity index (χ3n) is 3.82. The highest BCUT2D eigenvalue weighted by Crippen LogP contribution is 2.19. The van der Waals surface area contributed by atoms with Crippen LogP contribution < -0.4 is 10.6 Å². The van der Waals surface area contributed by atoms with E-state index in [0.29, 0.717) is 16.4 Å². The van der Waals surface area contributed by atoms with Gasteiger partial charge in [-0.15, -0.1) is 11.3 Å². The maximum absolute atomic E-state index is 12.3. The first-order chi connectivity index (χ1) is 12.5. The van der Waals surface area contributed by atoms with Crippen LogP contribution >= 0.6 is 11.3 Å². The Labute approximate surface area is 156 Å². The van der Waals surface area contributed by atoms with Crippen molar-refractivity contribution in [2.75, 3.05) is 10.6 Å². The highest BCUT2D eigenvalue weighted by Gasteiger charge is 2.12. The number of anilines is 2. The summed E-state index contributed by atoms with van der Waals surface area (Å²) in [6.45, 7) is 3.94. The predicted octanol–water partition coefficient (Wildman–Crippen LogP) is 4.19. The summed E-state index contributed by atoms with van der Waals surface area (Å²) in [5.41, 5.74) is 4.10. The van der Waals surface area contributed by atoms with Gasteiger partial charge >= 0.3 is 0 Å². The molecule has 2 amide bonds. The number of nitrogens with zero attached hydrogens (tertiary/aromatic N) is 1. The van der Waals surface area contributed by atoms with Crippen molar-refractivity contribution >= 4 is 34.0 Å². The predicted molar refractivity (Wildman–Crippen MR) is 105 cm³/mol. The molecule has 0 aliphatic heterocycles. The second-order valence-corrected chi connectivity index (χ2v) is 6.87. The van der Waals surface area contributed by atoms with Crippen LogP contribution in [-0.2, 0) is 11.2 Å². The van der Waals surface area contributed by atoms with Crippen molar-refractivity contribution in [2.24, 2.45) is 0 Å². The van der Waals surface area contributed by atoms with E-state index < -0.39 is 0 Å². The molecule has 1 aromatic heterocycles. The standard InChI is InChI=1S/C20H19N3O2S/c1-13-8-9-14(2)17(10-13)22-18(24)11-16-12-26-20(21-16)23-19(25)15-6-4-3-5-7-15/h3-10,12H,11H2,1-2H3,(H,22,24)(H,21,23,25). The Balaban J connectivity index is 1.60. The Kier molecular flexibility index (Phi) is 5.43. The Morgan fingerprint density at radius 3 is 2.58 bits per heavy atom. The molecule has 0 saturated heterocycles. The van der Waals surface area contributed by atoms with Gasteiger partial charge in [-0.25, -0.2) is 4.98 Å². The zero-order valence-corrected chi connectivity index (χ0v) is 15.4. The molecule has 2 N–H and O–H groups in total. The fraction of sp³-hybridized carbons (Fsp3) is 0.150. The molecule has 3 aromatic rings. The molecular formula is C20H19N3O2S. The number of hydrogen-bond donors (Lipinski definition) is 2. The third kappa shape index (κ3) is 4.55.